The number of hydrogen-bond donors (Lipinski definition) is 1. The normalized spacial score (nSPS) is 11.5. The van der Waals surface area contributed by atoms with Gasteiger partial charge in [0.2, 0.25) is 0 Å². The lowest BCUT2D eigenvalue weighted by atomic mass is 10.0. The molecule has 0 bridgehead atoms. The van der Waals surface area contributed by atoms with Gasteiger partial charge in [0.25, 0.3) is 0 Å². The van der Waals surface area contributed by atoms with E-state index in [0.29, 0.717) is 12.5 Å². The fourth-order valence-electron chi connectivity index (χ4n) is 2.00. The number of fused-ring (bicyclic) bond motifs is 1. The third-order valence-electron chi connectivity index (χ3n) is 2.78. The standard InChI is InChI=1S/C12H16N2O/c1-4-14-10-7-5-6-9(8(2)3)11(10)13-12(14)15/h5-8H,4H2,1-3H3,(H,13,15). The number of hydrogen-bond acceptors (Lipinski definition) is 1. The van der Waals surface area contributed by atoms with Crippen molar-refractivity contribution in [3.8, 4) is 0 Å². The molecule has 0 fully saturated rings. The number of H-pyrrole nitrogens is 1. The van der Waals surface area contributed by atoms with Crippen molar-refractivity contribution in [2.75, 3.05) is 0 Å². The first kappa shape index (κ1) is 10.0. The smallest absolute Gasteiger partial charge is 0.305 e. The van der Waals surface area contributed by atoms with Gasteiger partial charge in [-0.25, -0.2) is 4.79 Å². The Morgan fingerprint density at radius 2 is 2.13 bits per heavy atom. The third-order valence-corrected chi connectivity index (χ3v) is 2.78. The number of para-hydroxylation sites is 1. The molecule has 0 aliphatic carbocycles. The topological polar surface area (TPSA) is 37.8 Å². The highest BCUT2D eigenvalue weighted by atomic mass is 16.1. The molecule has 80 valence electrons. The third kappa shape index (κ3) is 1.48. The van der Waals surface area contributed by atoms with E-state index < -0.39 is 0 Å². The van der Waals surface area contributed by atoms with Crippen LogP contribution in [0.1, 0.15) is 32.3 Å². The molecule has 15 heavy (non-hydrogen) atoms. The molecule has 0 unspecified atom stereocenters. The lowest BCUT2D eigenvalue weighted by Gasteiger charge is -2.06. The lowest BCUT2D eigenvalue weighted by Crippen LogP contribution is -2.14. The molecular formula is C12H16N2O. The van der Waals surface area contributed by atoms with E-state index in [2.05, 4.69) is 24.9 Å². The number of aromatic amines is 1. The fraction of sp³-hybridized carbons (Fsp3) is 0.417. The van der Waals surface area contributed by atoms with Crippen LogP contribution in [0.3, 0.4) is 0 Å². The summed E-state index contributed by atoms with van der Waals surface area (Å²) in [4.78, 5) is 14.6. The van der Waals surface area contributed by atoms with Gasteiger partial charge in [-0.2, -0.15) is 0 Å². The van der Waals surface area contributed by atoms with Crippen LogP contribution in [-0.4, -0.2) is 9.55 Å². The predicted molar refractivity (Wildman–Crippen MR) is 62.3 cm³/mol. The van der Waals surface area contributed by atoms with Crippen molar-refractivity contribution < 1.29 is 0 Å². The molecular weight excluding hydrogens is 188 g/mol. The van der Waals surface area contributed by atoms with Crippen molar-refractivity contribution in [2.24, 2.45) is 0 Å². The quantitative estimate of drug-likeness (QED) is 0.801. The van der Waals surface area contributed by atoms with Crippen LogP contribution in [0, 0.1) is 0 Å². The van der Waals surface area contributed by atoms with Crippen molar-refractivity contribution in [2.45, 2.75) is 33.2 Å². The van der Waals surface area contributed by atoms with E-state index in [1.54, 1.807) is 4.57 Å². The number of nitrogens with one attached hydrogen (secondary N) is 1. The zero-order chi connectivity index (χ0) is 11.0. The number of aryl methyl sites for hydroxylation is 1. The predicted octanol–water partition coefficient (Wildman–Crippen LogP) is 2.47. The summed E-state index contributed by atoms with van der Waals surface area (Å²) in [7, 11) is 0. The van der Waals surface area contributed by atoms with Crippen molar-refractivity contribution >= 4 is 11.0 Å². The molecule has 0 amide bonds. The van der Waals surface area contributed by atoms with Crippen LogP contribution in [0.2, 0.25) is 0 Å². The largest absolute Gasteiger partial charge is 0.326 e. The Morgan fingerprint density at radius 1 is 1.40 bits per heavy atom. The first-order valence-corrected chi connectivity index (χ1v) is 5.36. The average molecular weight is 204 g/mol. The molecule has 0 saturated heterocycles. The Kier molecular flexibility index (Phi) is 2.39. The van der Waals surface area contributed by atoms with Gasteiger partial charge in [0, 0.05) is 6.54 Å². The second-order valence-corrected chi connectivity index (χ2v) is 4.07. The van der Waals surface area contributed by atoms with E-state index in [1.807, 2.05) is 19.1 Å². The Balaban J connectivity index is 2.83. The number of rotatable bonds is 2. The summed E-state index contributed by atoms with van der Waals surface area (Å²) >= 11 is 0. The van der Waals surface area contributed by atoms with Gasteiger partial charge in [0.15, 0.2) is 0 Å². The van der Waals surface area contributed by atoms with Gasteiger partial charge in [-0.1, -0.05) is 26.0 Å². The van der Waals surface area contributed by atoms with Gasteiger partial charge in [-0.05, 0) is 24.5 Å². The summed E-state index contributed by atoms with van der Waals surface area (Å²) in [5.74, 6) is 0.428. The minimum Gasteiger partial charge on any atom is -0.305 e. The molecule has 0 radical (unpaired) electrons. The SMILES string of the molecule is CCn1c(=O)[nH]c2c(C(C)C)cccc21. The molecule has 1 N–H and O–H groups in total. The first-order valence-electron chi connectivity index (χ1n) is 5.36. The Hall–Kier alpha value is -1.51. The highest BCUT2D eigenvalue weighted by Gasteiger charge is 2.10. The molecule has 1 aromatic carbocycles. The molecule has 3 nitrogen and oxygen atoms in total. The van der Waals surface area contributed by atoms with Gasteiger partial charge < -0.3 is 4.98 Å². The Morgan fingerprint density at radius 3 is 2.73 bits per heavy atom. The monoisotopic (exact) mass is 204 g/mol. The number of benzene rings is 1. The van der Waals surface area contributed by atoms with Gasteiger partial charge in [-0.15, -0.1) is 0 Å². The maximum Gasteiger partial charge on any atom is 0.326 e. The molecule has 3 heteroatoms. The second kappa shape index (κ2) is 3.57. The van der Waals surface area contributed by atoms with Crippen molar-refractivity contribution in [3.63, 3.8) is 0 Å². The summed E-state index contributed by atoms with van der Waals surface area (Å²) in [6, 6.07) is 6.07. The molecule has 0 aliphatic heterocycles. The highest BCUT2D eigenvalue weighted by molar-refractivity contribution is 5.79. The maximum atomic E-state index is 11.7. The highest BCUT2D eigenvalue weighted by Crippen LogP contribution is 2.22. The van der Waals surface area contributed by atoms with Crippen LogP contribution >= 0.6 is 0 Å². The zero-order valence-corrected chi connectivity index (χ0v) is 9.37. The van der Waals surface area contributed by atoms with Crippen molar-refractivity contribution in [3.05, 3.63) is 34.2 Å². The Bertz CT molecular complexity index is 534. The molecule has 1 heterocycles. The van der Waals surface area contributed by atoms with Crippen LogP contribution in [0.25, 0.3) is 11.0 Å². The minimum absolute atomic E-state index is 0.0133. The van der Waals surface area contributed by atoms with Crippen LogP contribution in [-0.2, 0) is 6.54 Å². The number of imidazole rings is 1. The second-order valence-electron chi connectivity index (χ2n) is 4.07. The van der Waals surface area contributed by atoms with Gasteiger partial charge >= 0.3 is 5.69 Å². The summed E-state index contributed by atoms with van der Waals surface area (Å²) in [6.07, 6.45) is 0. The van der Waals surface area contributed by atoms with E-state index in [0.717, 1.165) is 11.0 Å². The van der Waals surface area contributed by atoms with Crippen LogP contribution in [0.4, 0.5) is 0 Å². The van der Waals surface area contributed by atoms with Crippen molar-refractivity contribution in [1.82, 2.24) is 9.55 Å². The first-order chi connectivity index (χ1) is 7.15. The lowest BCUT2D eigenvalue weighted by molar-refractivity contribution is 0.753. The van der Waals surface area contributed by atoms with E-state index >= 15 is 0 Å². The molecule has 0 atom stereocenters. The van der Waals surface area contributed by atoms with Gasteiger partial charge in [0.05, 0.1) is 11.0 Å². The maximum absolute atomic E-state index is 11.7. The van der Waals surface area contributed by atoms with Gasteiger partial charge in [-0.3, -0.25) is 4.57 Å². The number of nitrogens with zero attached hydrogens (tertiary/aromatic N) is 1. The van der Waals surface area contributed by atoms with E-state index in [4.69, 9.17) is 0 Å². The summed E-state index contributed by atoms with van der Waals surface area (Å²) in [6.45, 7) is 6.96. The average Bonchev–Trinajstić information content (AvgIpc) is 2.52. The van der Waals surface area contributed by atoms with E-state index in [9.17, 15) is 4.79 Å². The molecule has 2 rings (SSSR count). The van der Waals surface area contributed by atoms with E-state index in [1.165, 1.54) is 5.56 Å². The van der Waals surface area contributed by atoms with Crippen LogP contribution in [0.15, 0.2) is 23.0 Å². The molecule has 0 spiro atoms. The summed E-state index contributed by atoms with van der Waals surface area (Å²) in [5, 5.41) is 0. The summed E-state index contributed by atoms with van der Waals surface area (Å²) in [5.41, 5.74) is 3.19. The summed E-state index contributed by atoms with van der Waals surface area (Å²) < 4.78 is 1.77. The van der Waals surface area contributed by atoms with E-state index in [-0.39, 0.29) is 5.69 Å². The van der Waals surface area contributed by atoms with Gasteiger partial charge in [0.1, 0.15) is 0 Å². The molecule has 1 aromatic heterocycles. The molecule has 0 saturated carbocycles. The number of aromatic nitrogens is 2. The fourth-order valence-corrected chi connectivity index (χ4v) is 2.00. The molecule has 2 aromatic rings. The minimum atomic E-state index is -0.0133. The molecule has 0 aliphatic rings. The zero-order valence-electron chi connectivity index (χ0n) is 9.37. The Labute approximate surface area is 88.7 Å². The van der Waals surface area contributed by atoms with Crippen LogP contribution < -0.4 is 5.69 Å². The van der Waals surface area contributed by atoms with Crippen LogP contribution in [0.5, 0.6) is 0 Å². The van der Waals surface area contributed by atoms with Crippen molar-refractivity contribution in [1.29, 1.82) is 0 Å².